The summed E-state index contributed by atoms with van der Waals surface area (Å²) < 4.78 is 5.12. The molecule has 144 valence electrons. The lowest BCUT2D eigenvalue weighted by Gasteiger charge is -2.07. The highest BCUT2D eigenvalue weighted by atomic mass is 16.5. The van der Waals surface area contributed by atoms with E-state index in [2.05, 4.69) is 16.0 Å². The molecule has 0 aliphatic rings. The minimum Gasteiger partial charge on any atom is -0.497 e. The van der Waals surface area contributed by atoms with Crippen molar-refractivity contribution in [1.82, 2.24) is 5.32 Å². The monoisotopic (exact) mass is 378 g/mol. The Balaban J connectivity index is 1.86. The SMILES string of the molecule is COc1ccc(CCN/C=C(/C#N)C(=O)Nc2ccc(NC(C)=O)cc2)cc1. The summed E-state index contributed by atoms with van der Waals surface area (Å²) in [5.41, 5.74) is 2.24. The van der Waals surface area contributed by atoms with Gasteiger partial charge < -0.3 is 20.7 Å². The second-order valence-corrected chi connectivity index (χ2v) is 5.93. The van der Waals surface area contributed by atoms with E-state index in [1.165, 1.54) is 13.1 Å². The Morgan fingerprint density at radius 2 is 1.64 bits per heavy atom. The number of carbonyl (C=O) groups is 2. The molecule has 0 aliphatic heterocycles. The molecule has 0 bridgehead atoms. The Labute approximate surface area is 164 Å². The normalized spacial score (nSPS) is 10.5. The Morgan fingerprint density at radius 3 is 2.18 bits per heavy atom. The highest BCUT2D eigenvalue weighted by Crippen LogP contribution is 2.14. The van der Waals surface area contributed by atoms with Crippen molar-refractivity contribution in [3.8, 4) is 11.8 Å². The third kappa shape index (κ3) is 6.50. The molecule has 2 aromatic rings. The molecule has 0 heterocycles. The van der Waals surface area contributed by atoms with Crippen molar-refractivity contribution in [2.45, 2.75) is 13.3 Å². The Morgan fingerprint density at radius 1 is 1.04 bits per heavy atom. The topological polar surface area (TPSA) is 103 Å². The van der Waals surface area contributed by atoms with Gasteiger partial charge in [-0.25, -0.2) is 0 Å². The van der Waals surface area contributed by atoms with Crippen LogP contribution in [-0.2, 0) is 16.0 Å². The van der Waals surface area contributed by atoms with Crippen molar-refractivity contribution in [3.63, 3.8) is 0 Å². The van der Waals surface area contributed by atoms with Crippen molar-refractivity contribution in [2.24, 2.45) is 0 Å². The van der Waals surface area contributed by atoms with Crippen LogP contribution in [0.4, 0.5) is 11.4 Å². The largest absolute Gasteiger partial charge is 0.497 e. The molecule has 0 radical (unpaired) electrons. The molecule has 2 aromatic carbocycles. The number of benzene rings is 2. The first-order valence-corrected chi connectivity index (χ1v) is 8.67. The van der Waals surface area contributed by atoms with Gasteiger partial charge in [-0.3, -0.25) is 9.59 Å². The van der Waals surface area contributed by atoms with Crippen molar-refractivity contribution in [2.75, 3.05) is 24.3 Å². The van der Waals surface area contributed by atoms with E-state index >= 15 is 0 Å². The summed E-state index contributed by atoms with van der Waals surface area (Å²) in [6.07, 6.45) is 2.15. The molecule has 28 heavy (non-hydrogen) atoms. The maximum atomic E-state index is 12.2. The first kappa shape index (κ1) is 20.5. The quantitative estimate of drug-likeness (QED) is 0.372. The molecule has 3 N–H and O–H groups in total. The molecule has 2 rings (SSSR count). The van der Waals surface area contributed by atoms with Crippen molar-refractivity contribution < 1.29 is 14.3 Å². The van der Waals surface area contributed by atoms with Crippen LogP contribution in [0.2, 0.25) is 0 Å². The molecule has 2 amide bonds. The van der Waals surface area contributed by atoms with E-state index in [9.17, 15) is 14.9 Å². The first-order chi connectivity index (χ1) is 13.5. The number of methoxy groups -OCH3 is 1. The van der Waals surface area contributed by atoms with E-state index in [1.54, 1.807) is 31.4 Å². The van der Waals surface area contributed by atoms with Crippen LogP contribution in [0.25, 0.3) is 0 Å². The van der Waals surface area contributed by atoms with Gasteiger partial charge in [0, 0.05) is 31.0 Å². The van der Waals surface area contributed by atoms with Crippen LogP contribution in [-0.4, -0.2) is 25.5 Å². The number of amides is 2. The predicted octanol–water partition coefficient (Wildman–Crippen LogP) is 2.83. The standard InChI is InChI=1S/C21H22N4O3/c1-15(26)24-18-5-7-19(8-6-18)25-21(27)17(13-22)14-23-12-11-16-3-9-20(28-2)10-4-16/h3-10,14,23H,11-12H2,1-2H3,(H,24,26)(H,25,27)/b17-14-. The highest BCUT2D eigenvalue weighted by molar-refractivity contribution is 6.06. The number of hydrogen-bond acceptors (Lipinski definition) is 5. The molecule has 7 nitrogen and oxygen atoms in total. The summed E-state index contributed by atoms with van der Waals surface area (Å²) in [7, 11) is 1.62. The van der Waals surface area contributed by atoms with E-state index < -0.39 is 5.91 Å². The van der Waals surface area contributed by atoms with Crippen LogP contribution >= 0.6 is 0 Å². The fourth-order valence-electron chi connectivity index (χ4n) is 2.37. The number of anilines is 2. The van der Waals surface area contributed by atoms with Crippen LogP contribution < -0.4 is 20.7 Å². The lowest BCUT2D eigenvalue weighted by molar-refractivity contribution is -0.114. The zero-order chi connectivity index (χ0) is 20.4. The minimum absolute atomic E-state index is 0.0272. The Bertz CT molecular complexity index is 881. The van der Waals surface area contributed by atoms with Crippen LogP contribution in [0.1, 0.15) is 12.5 Å². The van der Waals surface area contributed by atoms with E-state index in [-0.39, 0.29) is 11.5 Å². The Hall–Kier alpha value is -3.79. The molecule has 0 saturated heterocycles. The van der Waals surface area contributed by atoms with E-state index in [0.29, 0.717) is 17.9 Å². The molecule has 7 heteroatoms. The molecule has 0 saturated carbocycles. The summed E-state index contributed by atoms with van der Waals surface area (Å²) in [6, 6.07) is 16.2. The van der Waals surface area contributed by atoms with E-state index in [4.69, 9.17) is 4.74 Å². The van der Waals surface area contributed by atoms with Crippen molar-refractivity contribution in [1.29, 1.82) is 5.26 Å². The average Bonchev–Trinajstić information content (AvgIpc) is 2.69. The van der Waals surface area contributed by atoms with Gasteiger partial charge in [0.05, 0.1) is 7.11 Å². The fourth-order valence-corrected chi connectivity index (χ4v) is 2.37. The highest BCUT2D eigenvalue weighted by Gasteiger charge is 2.09. The van der Waals surface area contributed by atoms with Crippen molar-refractivity contribution in [3.05, 3.63) is 65.9 Å². The summed E-state index contributed by atoms with van der Waals surface area (Å²) >= 11 is 0. The number of carbonyl (C=O) groups excluding carboxylic acids is 2. The van der Waals surface area contributed by atoms with E-state index in [1.807, 2.05) is 30.3 Å². The number of nitriles is 1. The molecular weight excluding hydrogens is 356 g/mol. The third-order valence-corrected chi connectivity index (χ3v) is 3.79. The second kappa shape index (κ2) is 10.4. The molecule has 0 fully saturated rings. The number of nitrogens with zero attached hydrogens (tertiary/aromatic N) is 1. The van der Waals surface area contributed by atoms with Crippen LogP contribution in [0.5, 0.6) is 5.75 Å². The van der Waals surface area contributed by atoms with Gasteiger partial charge in [-0.05, 0) is 48.4 Å². The molecule has 0 aliphatic carbocycles. The maximum Gasteiger partial charge on any atom is 0.267 e. The Kier molecular flexibility index (Phi) is 7.61. The van der Waals surface area contributed by atoms with Crippen LogP contribution in [0.3, 0.4) is 0 Å². The number of hydrogen-bond donors (Lipinski definition) is 3. The van der Waals surface area contributed by atoms with Gasteiger partial charge in [-0.1, -0.05) is 12.1 Å². The van der Waals surface area contributed by atoms with Gasteiger partial charge in [0.25, 0.3) is 5.91 Å². The predicted molar refractivity (Wildman–Crippen MR) is 108 cm³/mol. The molecule has 0 aromatic heterocycles. The fraction of sp³-hybridized carbons (Fsp3) is 0.190. The number of rotatable bonds is 8. The summed E-state index contributed by atoms with van der Waals surface area (Å²) in [5, 5.41) is 17.5. The van der Waals surface area contributed by atoms with Gasteiger partial charge in [-0.15, -0.1) is 0 Å². The summed E-state index contributed by atoms with van der Waals surface area (Å²) in [4.78, 5) is 23.2. The third-order valence-electron chi connectivity index (χ3n) is 3.79. The lowest BCUT2D eigenvalue weighted by Crippen LogP contribution is -2.18. The van der Waals surface area contributed by atoms with Gasteiger partial charge in [0.2, 0.25) is 5.91 Å². The first-order valence-electron chi connectivity index (χ1n) is 8.67. The molecular formula is C21H22N4O3. The van der Waals surface area contributed by atoms with Crippen LogP contribution in [0, 0.1) is 11.3 Å². The van der Waals surface area contributed by atoms with Crippen molar-refractivity contribution >= 4 is 23.2 Å². The smallest absolute Gasteiger partial charge is 0.267 e. The zero-order valence-electron chi connectivity index (χ0n) is 15.8. The van der Waals surface area contributed by atoms with Crippen LogP contribution in [0.15, 0.2) is 60.3 Å². The maximum absolute atomic E-state index is 12.2. The second-order valence-electron chi connectivity index (χ2n) is 5.93. The van der Waals surface area contributed by atoms with E-state index in [0.717, 1.165) is 17.7 Å². The minimum atomic E-state index is -0.508. The van der Waals surface area contributed by atoms with Gasteiger partial charge >= 0.3 is 0 Å². The molecule has 0 spiro atoms. The number of nitrogens with one attached hydrogen (secondary N) is 3. The van der Waals surface area contributed by atoms with Gasteiger partial charge in [-0.2, -0.15) is 5.26 Å². The van der Waals surface area contributed by atoms with Gasteiger partial charge in [0.1, 0.15) is 17.4 Å². The zero-order valence-corrected chi connectivity index (χ0v) is 15.8. The number of ether oxygens (including phenoxy) is 1. The van der Waals surface area contributed by atoms with Gasteiger partial charge in [0.15, 0.2) is 0 Å². The molecule has 0 unspecified atom stereocenters. The lowest BCUT2D eigenvalue weighted by atomic mass is 10.1. The summed E-state index contributed by atoms with van der Waals surface area (Å²) in [6.45, 7) is 2.00. The average molecular weight is 378 g/mol. The molecule has 0 atom stereocenters. The summed E-state index contributed by atoms with van der Waals surface area (Å²) in [5.74, 6) is 0.115.